The average Bonchev–Trinajstić information content (AvgIpc) is 2.43. The van der Waals surface area contributed by atoms with E-state index in [2.05, 4.69) is 21.2 Å². The lowest BCUT2D eigenvalue weighted by atomic mass is 10.1. The fourth-order valence-corrected chi connectivity index (χ4v) is 2.06. The average molecular weight is 333 g/mol. The smallest absolute Gasteiger partial charge is 0.228 e. The summed E-state index contributed by atoms with van der Waals surface area (Å²) in [5.74, 6) is -0.593. The van der Waals surface area contributed by atoms with Gasteiger partial charge >= 0.3 is 0 Å². The summed E-state index contributed by atoms with van der Waals surface area (Å²) in [6.45, 7) is 0. The Morgan fingerprint density at radius 2 is 1.95 bits per heavy atom. The number of nitriles is 1. The van der Waals surface area contributed by atoms with Gasteiger partial charge in [0, 0.05) is 4.47 Å². The van der Waals surface area contributed by atoms with E-state index < -0.39 is 0 Å². The number of carbonyl (C=O) groups excluding carboxylic acids is 1. The molecule has 0 heterocycles. The topological polar surface area (TPSA) is 52.9 Å². The quantitative estimate of drug-likeness (QED) is 0.932. The number of carbonyl (C=O) groups is 1. The molecule has 0 saturated carbocycles. The fourth-order valence-electron chi connectivity index (χ4n) is 1.70. The van der Waals surface area contributed by atoms with E-state index >= 15 is 0 Å². The Hall–Kier alpha value is -2.19. The molecule has 0 aliphatic rings. The van der Waals surface area contributed by atoms with Gasteiger partial charge in [0.15, 0.2) is 0 Å². The van der Waals surface area contributed by atoms with E-state index in [1.54, 1.807) is 30.3 Å². The Morgan fingerprint density at radius 1 is 1.25 bits per heavy atom. The highest BCUT2D eigenvalue weighted by atomic mass is 79.9. The number of nitrogens with zero attached hydrogens (tertiary/aromatic N) is 1. The van der Waals surface area contributed by atoms with Gasteiger partial charge in [-0.05, 0) is 35.9 Å². The van der Waals surface area contributed by atoms with Gasteiger partial charge in [-0.3, -0.25) is 4.79 Å². The number of halogens is 2. The predicted molar refractivity (Wildman–Crippen MR) is 77.6 cm³/mol. The van der Waals surface area contributed by atoms with Crippen LogP contribution in [0.4, 0.5) is 10.1 Å². The summed E-state index contributed by atoms with van der Waals surface area (Å²) in [5.41, 5.74) is 1.55. The predicted octanol–water partition coefficient (Wildman–Crippen LogP) is 3.64. The van der Waals surface area contributed by atoms with Crippen molar-refractivity contribution in [3.05, 3.63) is 63.9 Å². The van der Waals surface area contributed by atoms with Crippen LogP contribution in [-0.4, -0.2) is 5.91 Å². The highest BCUT2D eigenvalue weighted by molar-refractivity contribution is 9.10. The third-order valence-corrected chi connectivity index (χ3v) is 3.15. The van der Waals surface area contributed by atoms with Crippen LogP contribution in [0.2, 0.25) is 0 Å². The van der Waals surface area contributed by atoms with E-state index in [4.69, 9.17) is 5.26 Å². The van der Waals surface area contributed by atoms with Gasteiger partial charge in [-0.25, -0.2) is 4.39 Å². The van der Waals surface area contributed by atoms with Gasteiger partial charge in [-0.2, -0.15) is 5.26 Å². The summed E-state index contributed by atoms with van der Waals surface area (Å²) in [5, 5.41) is 11.7. The van der Waals surface area contributed by atoms with Crippen molar-refractivity contribution in [2.45, 2.75) is 6.42 Å². The van der Waals surface area contributed by atoms with E-state index in [1.807, 2.05) is 6.07 Å². The summed E-state index contributed by atoms with van der Waals surface area (Å²) in [7, 11) is 0. The number of hydrogen-bond donors (Lipinski definition) is 1. The molecule has 0 bridgehead atoms. The minimum absolute atomic E-state index is 0.126. The minimum Gasteiger partial charge on any atom is -0.325 e. The summed E-state index contributed by atoms with van der Waals surface area (Å²) >= 11 is 3.26. The van der Waals surface area contributed by atoms with Gasteiger partial charge in [0.25, 0.3) is 0 Å². The van der Waals surface area contributed by atoms with Crippen LogP contribution in [0.1, 0.15) is 11.1 Å². The molecule has 0 unspecified atom stereocenters. The lowest BCUT2D eigenvalue weighted by molar-refractivity contribution is -0.115. The largest absolute Gasteiger partial charge is 0.325 e. The molecule has 0 spiro atoms. The molecule has 0 atom stereocenters. The number of hydrogen-bond acceptors (Lipinski definition) is 2. The monoisotopic (exact) mass is 332 g/mol. The zero-order chi connectivity index (χ0) is 14.5. The number of benzene rings is 2. The summed E-state index contributed by atoms with van der Waals surface area (Å²) in [4.78, 5) is 11.9. The van der Waals surface area contributed by atoms with Crippen LogP contribution in [0.25, 0.3) is 0 Å². The molecular formula is C15H10BrFN2O. The lowest BCUT2D eigenvalue weighted by Crippen LogP contribution is -2.15. The molecule has 0 saturated heterocycles. The molecule has 20 heavy (non-hydrogen) atoms. The van der Waals surface area contributed by atoms with Crippen LogP contribution < -0.4 is 5.32 Å². The van der Waals surface area contributed by atoms with E-state index in [-0.39, 0.29) is 18.1 Å². The second-order valence-corrected chi connectivity index (χ2v) is 5.07. The molecule has 0 fully saturated rings. The van der Waals surface area contributed by atoms with Crippen LogP contribution in [-0.2, 0) is 11.2 Å². The molecule has 0 aliphatic heterocycles. The van der Waals surface area contributed by atoms with Crippen molar-refractivity contribution in [2.24, 2.45) is 0 Å². The van der Waals surface area contributed by atoms with Crippen molar-refractivity contribution in [2.75, 3.05) is 5.32 Å². The van der Waals surface area contributed by atoms with Crippen molar-refractivity contribution in [1.82, 2.24) is 0 Å². The molecule has 2 rings (SSSR count). The highest BCUT2D eigenvalue weighted by Gasteiger charge is 2.08. The number of nitrogens with one attached hydrogen (secondary N) is 1. The third kappa shape index (κ3) is 3.65. The number of amides is 1. The molecule has 0 aromatic heterocycles. The van der Waals surface area contributed by atoms with Crippen LogP contribution in [0.15, 0.2) is 46.9 Å². The molecule has 1 amide bonds. The normalized spacial score (nSPS) is 9.85. The number of rotatable bonds is 3. The Morgan fingerprint density at radius 3 is 2.60 bits per heavy atom. The maximum absolute atomic E-state index is 12.8. The van der Waals surface area contributed by atoms with Crippen LogP contribution in [0.3, 0.4) is 0 Å². The minimum atomic E-state index is -0.339. The van der Waals surface area contributed by atoms with Gasteiger partial charge in [0.05, 0.1) is 17.7 Å². The van der Waals surface area contributed by atoms with Crippen molar-refractivity contribution >= 4 is 27.5 Å². The highest BCUT2D eigenvalue weighted by Crippen LogP contribution is 2.20. The van der Waals surface area contributed by atoms with Crippen molar-refractivity contribution in [3.8, 4) is 6.07 Å². The van der Waals surface area contributed by atoms with Gasteiger partial charge in [0.2, 0.25) is 5.91 Å². The van der Waals surface area contributed by atoms with Crippen molar-refractivity contribution < 1.29 is 9.18 Å². The molecule has 0 radical (unpaired) electrons. The summed E-state index contributed by atoms with van der Waals surface area (Å²) < 4.78 is 13.5. The Labute approximate surface area is 124 Å². The van der Waals surface area contributed by atoms with Gasteiger partial charge in [-0.1, -0.05) is 28.1 Å². The maximum atomic E-state index is 12.8. The zero-order valence-corrected chi connectivity index (χ0v) is 11.9. The van der Waals surface area contributed by atoms with Crippen LogP contribution in [0, 0.1) is 17.1 Å². The van der Waals surface area contributed by atoms with Crippen molar-refractivity contribution in [1.29, 1.82) is 5.26 Å². The first-order valence-electron chi connectivity index (χ1n) is 5.82. The summed E-state index contributed by atoms with van der Waals surface area (Å²) in [6.07, 6.45) is 0.126. The van der Waals surface area contributed by atoms with E-state index in [0.717, 1.165) is 4.47 Å². The first kappa shape index (κ1) is 14.2. The number of anilines is 1. The van der Waals surface area contributed by atoms with E-state index in [0.29, 0.717) is 16.8 Å². The fraction of sp³-hybridized carbons (Fsp3) is 0.0667. The van der Waals surface area contributed by atoms with E-state index in [9.17, 15) is 9.18 Å². The van der Waals surface area contributed by atoms with Gasteiger partial charge in [-0.15, -0.1) is 0 Å². The standard InChI is InChI=1S/C15H10BrFN2O/c16-12-3-6-14(11(8-12)9-18)19-15(20)7-10-1-4-13(17)5-2-10/h1-6,8H,7H2,(H,19,20). The van der Waals surface area contributed by atoms with Gasteiger partial charge < -0.3 is 5.32 Å². The maximum Gasteiger partial charge on any atom is 0.228 e. The lowest BCUT2D eigenvalue weighted by Gasteiger charge is -2.07. The van der Waals surface area contributed by atoms with E-state index in [1.165, 1.54) is 12.1 Å². The first-order valence-corrected chi connectivity index (χ1v) is 6.62. The second kappa shape index (κ2) is 6.31. The Bertz CT molecular complexity index is 677. The van der Waals surface area contributed by atoms with Crippen LogP contribution in [0.5, 0.6) is 0 Å². The van der Waals surface area contributed by atoms with Gasteiger partial charge in [0.1, 0.15) is 11.9 Å². The molecule has 2 aromatic rings. The molecule has 100 valence electrons. The molecule has 5 heteroatoms. The third-order valence-electron chi connectivity index (χ3n) is 2.65. The molecule has 0 aliphatic carbocycles. The van der Waals surface area contributed by atoms with Crippen molar-refractivity contribution in [3.63, 3.8) is 0 Å². The van der Waals surface area contributed by atoms with Crippen LogP contribution >= 0.6 is 15.9 Å². The molecule has 2 aromatic carbocycles. The zero-order valence-electron chi connectivity index (χ0n) is 10.4. The Kier molecular flexibility index (Phi) is 4.49. The first-order chi connectivity index (χ1) is 9.58. The molecular weight excluding hydrogens is 323 g/mol. The summed E-state index contributed by atoms with van der Waals surface area (Å²) in [6, 6.07) is 12.8. The molecule has 1 N–H and O–H groups in total. The second-order valence-electron chi connectivity index (χ2n) is 4.15. The Balaban J connectivity index is 2.09. The SMILES string of the molecule is N#Cc1cc(Br)ccc1NC(=O)Cc1ccc(F)cc1. The molecule has 3 nitrogen and oxygen atoms in total.